The molecule has 0 spiro atoms. The molecule has 3 rings (SSSR count). The first kappa shape index (κ1) is 23.0. The number of hydrazone groups is 1. The van der Waals surface area contributed by atoms with Gasteiger partial charge in [0, 0.05) is 28.7 Å². The Labute approximate surface area is 191 Å². The van der Waals surface area contributed by atoms with E-state index >= 15 is 0 Å². The molecule has 0 aliphatic heterocycles. The molecule has 1 aromatic heterocycles. The van der Waals surface area contributed by atoms with Crippen LogP contribution in [0.15, 0.2) is 72.1 Å². The predicted molar refractivity (Wildman–Crippen MR) is 125 cm³/mol. The van der Waals surface area contributed by atoms with Gasteiger partial charge in [0.05, 0.1) is 5.71 Å². The fraction of sp³-hybridized carbons (Fsp3) is 0.167. The third kappa shape index (κ3) is 6.15. The molecule has 0 aliphatic carbocycles. The van der Waals surface area contributed by atoms with Gasteiger partial charge in [0.25, 0.3) is 11.8 Å². The number of rotatable bonds is 7. The highest BCUT2D eigenvalue weighted by molar-refractivity contribution is 6.30. The molecule has 164 valence electrons. The Balaban J connectivity index is 1.63. The minimum Gasteiger partial charge on any atom is -0.481 e. The molecule has 0 radical (unpaired) electrons. The van der Waals surface area contributed by atoms with E-state index in [0.29, 0.717) is 27.7 Å². The van der Waals surface area contributed by atoms with Crippen LogP contribution in [0.3, 0.4) is 0 Å². The van der Waals surface area contributed by atoms with E-state index in [4.69, 9.17) is 16.3 Å². The maximum absolute atomic E-state index is 12.6. The van der Waals surface area contributed by atoms with Crippen molar-refractivity contribution in [2.75, 3.05) is 5.32 Å². The molecule has 0 aliphatic rings. The molecule has 8 heteroatoms. The van der Waals surface area contributed by atoms with Gasteiger partial charge in [0.1, 0.15) is 5.75 Å². The SMILES string of the molecule is C/C(=N\NC(=O)c1ccncc1)c1cccc(NC(=O)C(C)Oc2ccc(Cl)cc2C)c1. The molecule has 1 atom stereocenters. The molecule has 0 fully saturated rings. The van der Waals surface area contributed by atoms with E-state index in [1.54, 1.807) is 62.4 Å². The van der Waals surface area contributed by atoms with Crippen molar-refractivity contribution in [1.29, 1.82) is 0 Å². The number of amides is 2. The summed E-state index contributed by atoms with van der Waals surface area (Å²) in [7, 11) is 0. The average Bonchev–Trinajstić information content (AvgIpc) is 2.79. The molecule has 2 N–H and O–H groups in total. The fourth-order valence-corrected chi connectivity index (χ4v) is 3.05. The van der Waals surface area contributed by atoms with Crippen LogP contribution in [0.2, 0.25) is 5.02 Å². The summed E-state index contributed by atoms with van der Waals surface area (Å²) in [5.74, 6) is -0.0320. The lowest BCUT2D eigenvalue weighted by molar-refractivity contribution is -0.122. The van der Waals surface area contributed by atoms with Crippen LogP contribution < -0.4 is 15.5 Å². The van der Waals surface area contributed by atoms with Gasteiger partial charge < -0.3 is 10.1 Å². The first-order chi connectivity index (χ1) is 15.3. The predicted octanol–water partition coefficient (Wildman–Crippen LogP) is 4.60. The van der Waals surface area contributed by atoms with E-state index in [2.05, 4.69) is 20.8 Å². The molecule has 1 unspecified atom stereocenters. The summed E-state index contributed by atoms with van der Waals surface area (Å²) in [6.07, 6.45) is 2.36. The summed E-state index contributed by atoms with van der Waals surface area (Å²) in [6, 6.07) is 15.6. The smallest absolute Gasteiger partial charge is 0.271 e. The van der Waals surface area contributed by atoms with Crippen molar-refractivity contribution < 1.29 is 14.3 Å². The number of aromatic nitrogens is 1. The standard InChI is InChI=1S/C24H23ClN4O3/c1-15-13-20(25)7-8-22(15)32-17(3)23(30)27-21-6-4-5-19(14-21)16(2)28-29-24(31)18-9-11-26-12-10-18/h4-14,17H,1-3H3,(H,27,30)(H,29,31)/b28-16+. The van der Waals surface area contributed by atoms with Crippen molar-refractivity contribution in [2.24, 2.45) is 5.10 Å². The number of hydrogen-bond acceptors (Lipinski definition) is 5. The number of nitrogens with one attached hydrogen (secondary N) is 2. The van der Waals surface area contributed by atoms with Crippen molar-refractivity contribution >= 4 is 34.8 Å². The molecule has 2 aromatic carbocycles. The number of nitrogens with zero attached hydrogens (tertiary/aromatic N) is 2. The van der Waals surface area contributed by atoms with Crippen LogP contribution in [0.1, 0.15) is 35.3 Å². The zero-order chi connectivity index (χ0) is 23.1. The average molecular weight is 451 g/mol. The Morgan fingerprint density at radius 2 is 1.81 bits per heavy atom. The van der Waals surface area contributed by atoms with E-state index in [-0.39, 0.29) is 11.8 Å². The van der Waals surface area contributed by atoms with Gasteiger partial charge in [-0.25, -0.2) is 5.43 Å². The van der Waals surface area contributed by atoms with Crippen LogP contribution in [0.5, 0.6) is 5.75 Å². The summed E-state index contributed by atoms with van der Waals surface area (Å²) in [6.45, 7) is 5.31. The fourth-order valence-electron chi connectivity index (χ4n) is 2.82. The van der Waals surface area contributed by atoms with Gasteiger partial charge in [0.2, 0.25) is 0 Å². The quantitative estimate of drug-likeness (QED) is 0.406. The van der Waals surface area contributed by atoms with Gasteiger partial charge in [-0.3, -0.25) is 14.6 Å². The highest BCUT2D eigenvalue weighted by Crippen LogP contribution is 2.23. The largest absolute Gasteiger partial charge is 0.481 e. The maximum atomic E-state index is 12.6. The van der Waals surface area contributed by atoms with Crippen LogP contribution >= 0.6 is 11.6 Å². The Morgan fingerprint density at radius 1 is 1.06 bits per heavy atom. The highest BCUT2D eigenvalue weighted by atomic mass is 35.5. The molecule has 1 heterocycles. The molecule has 32 heavy (non-hydrogen) atoms. The lowest BCUT2D eigenvalue weighted by Gasteiger charge is -2.16. The molecule has 0 saturated heterocycles. The van der Waals surface area contributed by atoms with Gasteiger partial charge in [-0.15, -0.1) is 0 Å². The Kier molecular flexibility index (Phi) is 7.57. The Morgan fingerprint density at radius 3 is 2.53 bits per heavy atom. The molecule has 0 bridgehead atoms. The minimum atomic E-state index is -0.715. The molecule has 7 nitrogen and oxygen atoms in total. The van der Waals surface area contributed by atoms with Crippen molar-refractivity contribution in [3.63, 3.8) is 0 Å². The molecular weight excluding hydrogens is 428 g/mol. The van der Waals surface area contributed by atoms with Crippen LogP contribution in [0.25, 0.3) is 0 Å². The second kappa shape index (κ2) is 10.5. The number of aryl methyl sites for hydroxylation is 1. The van der Waals surface area contributed by atoms with E-state index < -0.39 is 6.10 Å². The van der Waals surface area contributed by atoms with E-state index in [1.165, 1.54) is 12.4 Å². The van der Waals surface area contributed by atoms with E-state index in [0.717, 1.165) is 11.1 Å². The number of hydrogen-bond donors (Lipinski definition) is 2. The summed E-state index contributed by atoms with van der Waals surface area (Å²) in [4.78, 5) is 28.6. The Hall–Kier alpha value is -3.71. The number of ether oxygens (including phenoxy) is 1. The lowest BCUT2D eigenvalue weighted by atomic mass is 10.1. The third-order valence-electron chi connectivity index (χ3n) is 4.63. The zero-order valence-electron chi connectivity index (χ0n) is 17.9. The topological polar surface area (TPSA) is 92.7 Å². The van der Waals surface area contributed by atoms with E-state index in [1.807, 2.05) is 13.0 Å². The van der Waals surface area contributed by atoms with Crippen LogP contribution in [0.4, 0.5) is 5.69 Å². The lowest BCUT2D eigenvalue weighted by Crippen LogP contribution is -2.30. The highest BCUT2D eigenvalue weighted by Gasteiger charge is 2.16. The van der Waals surface area contributed by atoms with Crippen LogP contribution in [0, 0.1) is 6.92 Å². The Bertz CT molecular complexity index is 1150. The molecule has 3 aromatic rings. The number of halogens is 1. The van der Waals surface area contributed by atoms with Gasteiger partial charge in [-0.05, 0) is 74.4 Å². The second-order valence-corrected chi connectivity index (χ2v) is 7.55. The van der Waals surface area contributed by atoms with E-state index in [9.17, 15) is 9.59 Å². The first-order valence-electron chi connectivity index (χ1n) is 9.92. The van der Waals surface area contributed by atoms with Gasteiger partial charge in [-0.1, -0.05) is 23.7 Å². The second-order valence-electron chi connectivity index (χ2n) is 7.11. The van der Waals surface area contributed by atoms with Crippen molar-refractivity contribution in [2.45, 2.75) is 26.9 Å². The molecular formula is C24H23ClN4O3. The number of benzene rings is 2. The monoisotopic (exact) mass is 450 g/mol. The number of carbonyl (C=O) groups excluding carboxylic acids is 2. The third-order valence-corrected chi connectivity index (χ3v) is 4.86. The summed E-state index contributed by atoms with van der Waals surface area (Å²) in [5, 5.41) is 7.60. The number of carbonyl (C=O) groups is 2. The summed E-state index contributed by atoms with van der Waals surface area (Å²) >= 11 is 5.96. The van der Waals surface area contributed by atoms with Gasteiger partial charge in [-0.2, -0.15) is 5.10 Å². The van der Waals surface area contributed by atoms with Gasteiger partial charge >= 0.3 is 0 Å². The van der Waals surface area contributed by atoms with Crippen molar-refractivity contribution in [3.05, 3.63) is 88.7 Å². The maximum Gasteiger partial charge on any atom is 0.271 e. The van der Waals surface area contributed by atoms with Crippen molar-refractivity contribution in [1.82, 2.24) is 10.4 Å². The number of anilines is 1. The molecule has 0 saturated carbocycles. The van der Waals surface area contributed by atoms with Crippen molar-refractivity contribution in [3.8, 4) is 5.75 Å². The number of pyridine rings is 1. The van der Waals surface area contributed by atoms with Crippen LogP contribution in [-0.4, -0.2) is 28.6 Å². The van der Waals surface area contributed by atoms with Gasteiger partial charge in [0.15, 0.2) is 6.10 Å². The minimum absolute atomic E-state index is 0.294. The summed E-state index contributed by atoms with van der Waals surface area (Å²) < 4.78 is 5.77. The zero-order valence-corrected chi connectivity index (χ0v) is 18.7. The normalized spacial score (nSPS) is 12.1. The summed E-state index contributed by atoms with van der Waals surface area (Å²) in [5.41, 5.74) is 5.75. The molecule has 2 amide bonds. The first-order valence-corrected chi connectivity index (χ1v) is 10.3. The van der Waals surface area contributed by atoms with Crippen LogP contribution in [-0.2, 0) is 4.79 Å².